The van der Waals surface area contributed by atoms with Gasteiger partial charge in [-0.3, -0.25) is 0 Å². The first-order chi connectivity index (χ1) is 16.8. The number of hydrogen-bond acceptors (Lipinski definition) is 0. The Hall–Kier alpha value is -0.780. The second kappa shape index (κ2) is 30.3. The van der Waals surface area contributed by atoms with E-state index in [2.05, 4.69) is 38.3 Å². The lowest BCUT2D eigenvalue weighted by molar-refractivity contribution is 0.537. The molecule has 0 fully saturated rings. The highest BCUT2D eigenvalue weighted by Gasteiger charge is 2.00. The van der Waals surface area contributed by atoms with E-state index in [9.17, 15) is 0 Å². The van der Waals surface area contributed by atoms with Gasteiger partial charge < -0.3 is 0 Å². The topological polar surface area (TPSA) is 0 Å². The minimum Gasteiger partial charge on any atom is -0.103 e. The van der Waals surface area contributed by atoms with Crippen molar-refractivity contribution in [2.45, 2.75) is 180 Å². The summed E-state index contributed by atoms with van der Waals surface area (Å²) in [5.74, 6) is 0. The Morgan fingerprint density at radius 2 is 0.676 bits per heavy atom. The normalized spacial score (nSPS) is 11.7. The fraction of sp³-hybridized carbons (Fsp3) is 0.824. The van der Waals surface area contributed by atoms with Crippen molar-refractivity contribution in [1.82, 2.24) is 0 Å². The van der Waals surface area contributed by atoms with Gasteiger partial charge in [-0.1, -0.05) is 146 Å². The van der Waals surface area contributed by atoms with E-state index in [0.29, 0.717) is 0 Å². The molecule has 0 aromatic heterocycles. The summed E-state index contributed by atoms with van der Waals surface area (Å²) >= 11 is 0. The van der Waals surface area contributed by atoms with Gasteiger partial charge in [0.15, 0.2) is 0 Å². The molecule has 200 valence electrons. The minimum atomic E-state index is 1.20. The summed E-state index contributed by atoms with van der Waals surface area (Å²) in [5, 5.41) is 0. The van der Waals surface area contributed by atoms with E-state index in [4.69, 9.17) is 0 Å². The van der Waals surface area contributed by atoms with Crippen LogP contribution in [0.25, 0.3) is 0 Å². The van der Waals surface area contributed by atoms with Crippen LogP contribution in [-0.4, -0.2) is 0 Å². The summed E-state index contributed by atoms with van der Waals surface area (Å²) in [7, 11) is 0. The molecule has 0 unspecified atom stereocenters. The average molecular weight is 473 g/mol. The number of unbranched alkanes of at least 4 members (excludes halogenated alkanes) is 22. The zero-order valence-electron chi connectivity index (χ0n) is 23.7. The third-order valence-electron chi connectivity index (χ3n) is 7.31. The van der Waals surface area contributed by atoms with Gasteiger partial charge in [0.25, 0.3) is 0 Å². The van der Waals surface area contributed by atoms with E-state index in [1.807, 2.05) is 0 Å². The van der Waals surface area contributed by atoms with Gasteiger partial charge in [-0.15, -0.1) is 13.2 Å². The third-order valence-corrected chi connectivity index (χ3v) is 7.31. The SMILES string of the molecule is C=CCCCCCCCCCCCCCCC(=CCC)CCCCCCCCCCCCC=C. The summed E-state index contributed by atoms with van der Waals surface area (Å²) in [5.41, 5.74) is 1.76. The highest BCUT2D eigenvalue weighted by atomic mass is 14.1. The van der Waals surface area contributed by atoms with E-state index in [0.717, 1.165) is 0 Å². The summed E-state index contributed by atoms with van der Waals surface area (Å²) < 4.78 is 0. The van der Waals surface area contributed by atoms with Crippen molar-refractivity contribution in [2.75, 3.05) is 0 Å². The molecule has 0 heterocycles. The number of rotatable bonds is 29. The minimum absolute atomic E-state index is 1.20. The molecule has 34 heavy (non-hydrogen) atoms. The number of allylic oxidation sites excluding steroid dienone is 4. The first-order valence-corrected chi connectivity index (χ1v) is 15.7. The zero-order chi connectivity index (χ0) is 24.8. The van der Waals surface area contributed by atoms with E-state index in [-0.39, 0.29) is 0 Å². The van der Waals surface area contributed by atoms with Crippen LogP contribution in [-0.2, 0) is 0 Å². The van der Waals surface area contributed by atoms with Gasteiger partial charge in [0, 0.05) is 0 Å². The zero-order valence-corrected chi connectivity index (χ0v) is 23.7. The fourth-order valence-electron chi connectivity index (χ4n) is 5.08. The first kappa shape index (κ1) is 33.2. The van der Waals surface area contributed by atoms with Gasteiger partial charge in [0.2, 0.25) is 0 Å². The molecular weight excluding hydrogens is 408 g/mol. The van der Waals surface area contributed by atoms with Crippen molar-refractivity contribution in [1.29, 1.82) is 0 Å². The van der Waals surface area contributed by atoms with Gasteiger partial charge in [0.1, 0.15) is 0 Å². The summed E-state index contributed by atoms with van der Waals surface area (Å²) in [6.07, 6.45) is 44.5. The average Bonchev–Trinajstić information content (AvgIpc) is 2.84. The Morgan fingerprint density at radius 1 is 0.412 bits per heavy atom. The molecule has 0 amide bonds. The van der Waals surface area contributed by atoms with E-state index in [1.165, 1.54) is 173 Å². The van der Waals surface area contributed by atoms with Crippen LogP contribution in [0.4, 0.5) is 0 Å². The Kier molecular flexibility index (Phi) is 29.6. The van der Waals surface area contributed by atoms with Gasteiger partial charge >= 0.3 is 0 Å². The maximum atomic E-state index is 3.80. The Balaban J connectivity index is 3.42. The van der Waals surface area contributed by atoms with Crippen molar-refractivity contribution < 1.29 is 0 Å². The standard InChI is InChI=1S/C34H64/c1-4-7-9-11-13-15-17-19-20-22-24-26-28-30-33-34(31-6-3)32-29-27-25-23-21-18-16-14-12-10-8-5-2/h4-5,31H,1-2,6-30,32-33H2,3H3. The Morgan fingerprint density at radius 3 is 0.941 bits per heavy atom. The van der Waals surface area contributed by atoms with Crippen LogP contribution in [0.1, 0.15) is 180 Å². The molecule has 0 rings (SSSR count). The molecule has 0 saturated heterocycles. The van der Waals surface area contributed by atoms with Gasteiger partial charge in [0.05, 0.1) is 0 Å². The second-order valence-corrected chi connectivity index (χ2v) is 10.7. The molecular formula is C34H64. The Bertz CT molecular complexity index is 429. The molecule has 0 aromatic carbocycles. The largest absolute Gasteiger partial charge is 0.103 e. The third kappa shape index (κ3) is 27.5. The summed E-state index contributed by atoms with van der Waals surface area (Å²) in [6.45, 7) is 9.91. The molecule has 0 aromatic rings. The molecule has 0 aliphatic rings. The highest BCUT2D eigenvalue weighted by Crippen LogP contribution is 2.20. The van der Waals surface area contributed by atoms with Crippen molar-refractivity contribution in [3.63, 3.8) is 0 Å². The summed E-state index contributed by atoms with van der Waals surface area (Å²) in [6, 6.07) is 0. The summed E-state index contributed by atoms with van der Waals surface area (Å²) in [4.78, 5) is 0. The maximum Gasteiger partial charge on any atom is -0.0320 e. The van der Waals surface area contributed by atoms with Crippen LogP contribution < -0.4 is 0 Å². The van der Waals surface area contributed by atoms with Crippen LogP contribution in [0.2, 0.25) is 0 Å². The van der Waals surface area contributed by atoms with Crippen molar-refractivity contribution in [3.8, 4) is 0 Å². The van der Waals surface area contributed by atoms with Crippen molar-refractivity contribution in [2.24, 2.45) is 0 Å². The van der Waals surface area contributed by atoms with Crippen molar-refractivity contribution in [3.05, 3.63) is 37.0 Å². The quantitative estimate of drug-likeness (QED) is 0.0749. The predicted molar refractivity (Wildman–Crippen MR) is 159 cm³/mol. The van der Waals surface area contributed by atoms with Crippen LogP contribution in [0.15, 0.2) is 37.0 Å². The van der Waals surface area contributed by atoms with Crippen LogP contribution in [0.5, 0.6) is 0 Å². The van der Waals surface area contributed by atoms with Crippen LogP contribution in [0.3, 0.4) is 0 Å². The second-order valence-electron chi connectivity index (χ2n) is 10.7. The molecule has 0 atom stereocenters. The van der Waals surface area contributed by atoms with Crippen LogP contribution in [0, 0.1) is 0 Å². The number of hydrogen-bond donors (Lipinski definition) is 0. The van der Waals surface area contributed by atoms with Gasteiger partial charge in [-0.25, -0.2) is 0 Å². The maximum absolute atomic E-state index is 3.80. The molecule has 0 aliphatic carbocycles. The van der Waals surface area contributed by atoms with E-state index >= 15 is 0 Å². The fourth-order valence-corrected chi connectivity index (χ4v) is 5.08. The molecule has 0 aliphatic heterocycles. The molecule has 0 radical (unpaired) electrons. The van der Waals surface area contributed by atoms with Crippen molar-refractivity contribution >= 4 is 0 Å². The lowest BCUT2D eigenvalue weighted by Crippen LogP contribution is -1.88. The monoisotopic (exact) mass is 473 g/mol. The van der Waals surface area contributed by atoms with Gasteiger partial charge in [-0.05, 0) is 57.8 Å². The van der Waals surface area contributed by atoms with E-state index < -0.39 is 0 Å². The van der Waals surface area contributed by atoms with Crippen LogP contribution >= 0.6 is 0 Å². The molecule has 0 heteroatoms. The molecule has 0 nitrogen and oxygen atoms in total. The molecule has 0 spiro atoms. The first-order valence-electron chi connectivity index (χ1n) is 15.7. The molecule has 0 N–H and O–H groups in total. The molecule has 0 saturated carbocycles. The molecule has 0 bridgehead atoms. The highest BCUT2D eigenvalue weighted by molar-refractivity contribution is 5.01. The van der Waals surface area contributed by atoms with E-state index in [1.54, 1.807) is 5.57 Å². The predicted octanol–water partition coefficient (Wildman–Crippen LogP) is 12.8. The lowest BCUT2D eigenvalue weighted by Gasteiger charge is -2.08. The lowest BCUT2D eigenvalue weighted by atomic mass is 9.98. The van der Waals surface area contributed by atoms with Gasteiger partial charge in [-0.2, -0.15) is 0 Å². The smallest absolute Gasteiger partial charge is 0.0320 e. The Labute approximate surface area is 217 Å².